The fourth-order valence-corrected chi connectivity index (χ4v) is 3.37. The number of fused-ring (bicyclic) bond motifs is 1. The number of nitrogens with one attached hydrogen (secondary N) is 2. The Hall–Kier alpha value is -4.20. The van der Waals surface area contributed by atoms with Crippen LogP contribution in [0.5, 0.6) is 0 Å². The smallest absolute Gasteiger partial charge is 0.291 e. The summed E-state index contributed by atoms with van der Waals surface area (Å²) in [5.74, 6) is -0.315. The van der Waals surface area contributed by atoms with Crippen molar-refractivity contribution in [3.05, 3.63) is 94.4 Å². The van der Waals surface area contributed by atoms with Gasteiger partial charge in [-0.25, -0.2) is 4.98 Å². The Morgan fingerprint density at radius 1 is 1.09 bits per heavy atom. The van der Waals surface area contributed by atoms with Crippen molar-refractivity contribution < 1.29 is 14.0 Å². The first-order valence-electron chi connectivity index (χ1n) is 10.2. The number of aromatic nitrogens is 2. The summed E-state index contributed by atoms with van der Waals surface area (Å²) in [6.45, 7) is 2.44. The van der Waals surface area contributed by atoms with E-state index in [0.29, 0.717) is 23.1 Å². The van der Waals surface area contributed by atoms with E-state index in [4.69, 9.17) is 4.42 Å². The molecule has 162 valence electrons. The van der Waals surface area contributed by atoms with Gasteiger partial charge in [0, 0.05) is 25.2 Å². The number of anilines is 1. The topological polar surface area (TPSA) is 106 Å². The molecule has 4 aromatic rings. The molecule has 2 aromatic heterocycles. The lowest BCUT2D eigenvalue weighted by molar-refractivity contribution is -0.121. The van der Waals surface area contributed by atoms with Gasteiger partial charge in [-0.3, -0.25) is 19.0 Å². The lowest BCUT2D eigenvalue weighted by Gasteiger charge is -2.10. The first-order valence-corrected chi connectivity index (χ1v) is 10.2. The Bertz CT molecular complexity index is 1330. The van der Waals surface area contributed by atoms with E-state index in [-0.39, 0.29) is 36.1 Å². The minimum absolute atomic E-state index is 0.147. The van der Waals surface area contributed by atoms with Crippen molar-refractivity contribution in [1.82, 2.24) is 14.9 Å². The van der Waals surface area contributed by atoms with Crippen LogP contribution in [0.2, 0.25) is 0 Å². The minimum atomic E-state index is -0.346. The number of carbonyl (C=O) groups is 2. The number of amides is 2. The molecule has 0 bridgehead atoms. The van der Waals surface area contributed by atoms with Gasteiger partial charge in [0.2, 0.25) is 5.91 Å². The molecule has 2 N–H and O–H groups in total. The van der Waals surface area contributed by atoms with Gasteiger partial charge in [0.25, 0.3) is 11.5 Å². The standard InChI is InChI=1S/C24H22N4O4/c1-16-5-2-8-19-22(16)26-15-28(24(19)31)11-10-21(29)25-14-17-6-3-7-18(13-17)27-23(30)20-9-4-12-32-20/h2-9,12-13,15H,10-11,14H2,1H3,(H,25,29)(H,27,30). The van der Waals surface area contributed by atoms with Crippen LogP contribution in [-0.4, -0.2) is 21.4 Å². The molecule has 0 fully saturated rings. The average molecular weight is 430 g/mol. The number of benzene rings is 2. The van der Waals surface area contributed by atoms with Gasteiger partial charge in [-0.15, -0.1) is 0 Å². The highest BCUT2D eigenvalue weighted by Gasteiger charge is 2.10. The molecule has 0 aliphatic heterocycles. The number of para-hydroxylation sites is 1. The van der Waals surface area contributed by atoms with E-state index in [1.165, 1.54) is 17.2 Å². The third kappa shape index (κ3) is 4.75. The molecule has 2 amide bonds. The quantitative estimate of drug-likeness (QED) is 0.468. The summed E-state index contributed by atoms with van der Waals surface area (Å²) in [6.07, 6.45) is 3.06. The highest BCUT2D eigenvalue weighted by atomic mass is 16.3. The first kappa shape index (κ1) is 21.0. The second-order valence-corrected chi connectivity index (χ2v) is 7.37. The minimum Gasteiger partial charge on any atom is -0.459 e. The molecular weight excluding hydrogens is 408 g/mol. The highest BCUT2D eigenvalue weighted by Crippen LogP contribution is 2.13. The molecule has 0 atom stereocenters. The number of hydrogen-bond acceptors (Lipinski definition) is 5. The number of hydrogen-bond donors (Lipinski definition) is 2. The van der Waals surface area contributed by atoms with Crippen LogP contribution in [0.3, 0.4) is 0 Å². The lowest BCUT2D eigenvalue weighted by Crippen LogP contribution is -2.27. The van der Waals surface area contributed by atoms with Gasteiger partial charge in [-0.05, 0) is 48.4 Å². The van der Waals surface area contributed by atoms with Gasteiger partial charge in [0.1, 0.15) is 0 Å². The molecule has 8 nitrogen and oxygen atoms in total. The SMILES string of the molecule is Cc1cccc2c(=O)n(CCC(=O)NCc3cccc(NC(=O)c4ccco4)c3)cnc12. The fraction of sp³-hybridized carbons (Fsp3) is 0.167. The van der Waals surface area contributed by atoms with E-state index in [0.717, 1.165) is 11.1 Å². The van der Waals surface area contributed by atoms with Crippen molar-refractivity contribution in [3.63, 3.8) is 0 Å². The summed E-state index contributed by atoms with van der Waals surface area (Å²) in [4.78, 5) is 41.4. The summed E-state index contributed by atoms with van der Waals surface area (Å²) in [5, 5.41) is 6.13. The molecular formula is C24H22N4O4. The largest absolute Gasteiger partial charge is 0.459 e. The Balaban J connectivity index is 1.33. The number of aryl methyl sites for hydroxylation is 2. The third-order valence-electron chi connectivity index (χ3n) is 5.05. The van der Waals surface area contributed by atoms with Crippen LogP contribution >= 0.6 is 0 Å². The zero-order chi connectivity index (χ0) is 22.5. The lowest BCUT2D eigenvalue weighted by atomic mass is 10.1. The zero-order valence-corrected chi connectivity index (χ0v) is 17.5. The maximum Gasteiger partial charge on any atom is 0.291 e. The average Bonchev–Trinajstić information content (AvgIpc) is 3.33. The van der Waals surface area contributed by atoms with Crippen LogP contribution in [0.25, 0.3) is 10.9 Å². The first-order chi connectivity index (χ1) is 15.5. The third-order valence-corrected chi connectivity index (χ3v) is 5.05. The monoisotopic (exact) mass is 430 g/mol. The van der Waals surface area contributed by atoms with Crippen molar-refractivity contribution in [2.24, 2.45) is 0 Å². The Labute approximate surface area is 183 Å². The molecule has 2 heterocycles. The second-order valence-electron chi connectivity index (χ2n) is 7.37. The van der Waals surface area contributed by atoms with E-state index in [9.17, 15) is 14.4 Å². The molecule has 0 radical (unpaired) electrons. The Kier molecular flexibility index (Phi) is 6.12. The van der Waals surface area contributed by atoms with E-state index in [1.807, 2.05) is 25.1 Å². The van der Waals surface area contributed by atoms with E-state index < -0.39 is 0 Å². The van der Waals surface area contributed by atoms with Crippen LogP contribution < -0.4 is 16.2 Å². The molecule has 0 aliphatic rings. The predicted molar refractivity (Wildman–Crippen MR) is 120 cm³/mol. The van der Waals surface area contributed by atoms with E-state index >= 15 is 0 Å². The summed E-state index contributed by atoms with van der Waals surface area (Å²) in [6, 6.07) is 15.9. The molecule has 0 unspecified atom stereocenters. The van der Waals surface area contributed by atoms with Crippen molar-refractivity contribution in [2.75, 3.05) is 5.32 Å². The predicted octanol–water partition coefficient (Wildman–Crippen LogP) is 3.26. The van der Waals surface area contributed by atoms with Crippen molar-refractivity contribution >= 4 is 28.4 Å². The second kappa shape index (κ2) is 9.30. The van der Waals surface area contributed by atoms with Crippen LogP contribution in [0, 0.1) is 6.92 Å². The maximum atomic E-state index is 12.6. The van der Waals surface area contributed by atoms with E-state index in [1.54, 1.807) is 36.4 Å². The number of furan rings is 1. The van der Waals surface area contributed by atoms with E-state index in [2.05, 4.69) is 15.6 Å². The normalized spacial score (nSPS) is 10.8. The molecule has 2 aromatic carbocycles. The molecule has 32 heavy (non-hydrogen) atoms. The molecule has 0 aliphatic carbocycles. The van der Waals surface area contributed by atoms with Gasteiger partial charge in [0.15, 0.2) is 5.76 Å². The molecule has 8 heteroatoms. The highest BCUT2D eigenvalue weighted by molar-refractivity contribution is 6.02. The summed E-state index contributed by atoms with van der Waals surface area (Å²) in [5.41, 5.74) is 2.88. The van der Waals surface area contributed by atoms with Crippen LogP contribution in [0.1, 0.15) is 28.1 Å². The van der Waals surface area contributed by atoms with Gasteiger partial charge in [0.05, 0.1) is 23.5 Å². The Morgan fingerprint density at radius 3 is 2.75 bits per heavy atom. The zero-order valence-electron chi connectivity index (χ0n) is 17.5. The van der Waals surface area contributed by atoms with Gasteiger partial charge in [-0.1, -0.05) is 24.3 Å². The number of nitrogens with zero attached hydrogens (tertiary/aromatic N) is 2. The summed E-state index contributed by atoms with van der Waals surface area (Å²) < 4.78 is 6.53. The van der Waals surface area contributed by atoms with Crippen molar-refractivity contribution in [1.29, 1.82) is 0 Å². The van der Waals surface area contributed by atoms with Gasteiger partial charge in [-0.2, -0.15) is 0 Å². The van der Waals surface area contributed by atoms with Crippen molar-refractivity contribution in [3.8, 4) is 0 Å². The molecule has 0 saturated carbocycles. The van der Waals surface area contributed by atoms with Crippen LogP contribution in [0.4, 0.5) is 5.69 Å². The molecule has 0 saturated heterocycles. The van der Waals surface area contributed by atoms with Gasteiger partial charge < -0.3 is 15.1 Å². The van der Waals surface area contributed by atoms with Crippen LogP contribution in [-0.2, 0) is 17.9 Å². The fourth-order valence-electron chi connectivity index (χ4n) is 3.37. The number of carbonyl (C=O) groups excluding carboxylic acids is 2. The molecule has 4 rings (SSSR count). The van der Waals surface area contributed by atoms with Crippen LogP contribution in [0.15, 0.2) is 76.4 Å². The molecule has 0 spiro atoms. The maximum absolute atomic E-state index is 12.6. The Morgan fingerprint density at radius 2 is 1.94 bits per heavy atom. The summed E-state index contributed by atoms with van der Waals surface area (Å²) in [7, 11) is 0. The van der Waals surface area contributed by atoms with Crippen molar-refractivity contribution in [2.45, 2.75) is 26.4 Å². The number of rotatable bonds is 7. The van der Waals surface area contributed by atoms with Gasteiger partial charge >= 0.3 is 0 Å². The summed E-state index contributed by atoms with van der Waals surface area (Å²) >= 11 is 0.